The Morgan fingerprint density at radius 3 is 2.45 bits per heavy atom. The molecule has 106 valence electrons. The number of rotatable bonds is 5. The van der Waals surface area contributed by atoms with Crippen LogP contribution in [-0.2, 0) is 6.42 Å². The van der Waals surface area contributed by atoms with Gasteiger partial charge in [-0.3, -0.25) is 0 Å². The third-order valence-corrected chi connectivity index (χ3v) is 2.93. The summed E-state index contributed by atoms with van der Waals surface area (Å²) in [7, 11) is 3.19. The fourth-order valence-electron chi connectivity index (χ4n) is 1.86. The summed E-state index contributed by atoms with van der Waals surface area (Å²) >= 11 is 0. The minimum absolute atomic E-state index is 0.585. The van der Waals surface area contributed by atoms with Gasteiger partial charge in [-0.2, -0.15) is 0 Å². The summed E-state index contributed by atoms with van der Waals surface area (Å²) in [6, 6.07) is 7.38. The lowest BCUT2D eigenvalue weighted by Gasteiger charge is -2.10. The molecule has 3 N–H and O–H groups in total. The van der Waals surface area contributed by atoms with Crippen LogP contribution in [0.2, 0.25) is 0 Å². The van der Waals surface area contributed by atoms with Crippen molar-refractivity contribution in [1.82, 2.24) is 9.97 Å². The molecule has 1 aromatic heterocycles. The second kappa shape index (κ2) is 6.21. The predicted molar refractivity (Wildman–Crippen MR) is 77.8 cm³/mol. The third-order valence-electron chi connectivity index (χ3n) is 2.93. The number of hydrogen-bond donors (Lipinski definition) is 2. The molecular formula is C14H18N4O2. The van der Waals surface area contributed by atoms with Crippen LogP contribution in [0.3, 0.4) is 0 Å². The van der Waals surface area contributed by atoms with Gasteiger partial charge in [0.25, 0.3) is 0 Å². The number of hydrogen-bond acceptors (Lipinski definition) is 6. The molecule has 6 heteroatoms. The van der Waals surface area contributed by atoms with Crippen LogP contribution in [0.4, 0.5) is 5.82 Å². The van der Waals surface area contributed by atoms with Crippen LogP contribution < -0.4 is 20.7 Å². The quantitative estimate of drug-likeness (QED) is 0.641. The molecule has 0 spiro atoms. The highest BCUT2D eigenvalue weighted by Gasteiger charge is 2.10. The van der Waals surface area contributed by atoms with Crippen molar-refractivity contribution in [2.45, 2.75) is 13.3 Å². The van der Waals surface area contributed by atoms with E-state index in [1.165, 1.54) is 0 Å². The van der Waals surface area contributed by atoms with Gasteiger partial charge in [0.2, 0.25) is 0 Å². The second-order valence-corrected chi connectivity index (χ2v) is 4.14. The van der Waals surface area contributed by atoms with Crippen LogP contribution in [0.1, 0.15) is 12.6 Å². The van der Waals surface area contributed by atoms with Crippen LogP contribution in [0, 0.1) is 0 Å². The molecule has 0 fully saturated rings. The SMILES string of the molecule is CCc1cc(NN)nc(-c2ccc(OC)c(OC)c2)n1. The number of anilines is 1. The van der Waals surface area contributed by atoms with Crippen molar-refractivity contribution in [3.63, 3.8) is 0 Å². The molecule has 1 heterocycles. The topological polar surface area (TPSA) is 82.3 Å². The van der Waals surface area contributed by atoms with E-state index < -0.39 is 0 Å². The maximum absolute atomic E-state index is 5.44. The summed E-state index contributed by atoms with van der Waals surface area (Å²) in [6.45, 7) is 2.03. The van der Waals surface area contributed by atoms with E-state index in [0.29, 0.717) is 23.1 Å². The Balaban J connectivity index is 2.50. The zero-order chi connectivity index (χ0) is 14.5. The number of nitrogens with one attached hydrogen (secondary N) is 1. The van der Waals surface area contributed by atoms with Gasteiger partial charge in [-0.05, 0) is 24.6 Å². The number of methoxy groups -OCH3 is 2. The Morgan fingerprint density at radius 2 is 1.85 bits per heavy atom. The van der Waals surface area contributed by atoms with Gasteiger partial charge in [0, 0.05) is 17.3 Å². The fraction of sp³-hybridized carbons (Fsp3) is 0.286. The monoisotopic (exact) mass is 274 g/mol. The molecule has 0 bridgehead atoms. The van der Waals surface area contributed by atoms with Crippen molar-refractivity contribution < 1.29 is 9.47 Å². The first kappa shape index (κ1) is 14.1. The van der Waals surface area contributed by atoms with E-state index in [4.69, 9.17) is 15.3 Å². The van der Waals surface area contributed by atoms with Crippen molar-refractivity contribution >= 4 is 5.82 Å². The van der Waals surface area contributed by atoms with Gasteiger partial charge < -0.3 is 14.9 Å². The summed E-state index contributed by atoms with van der Waals surface area (Å²) in [5.41, 5.74) is 4.31. The predicted octanol–water partition coefficient (Wildman–Crippen LogP) is 2.01. The summed E-state index contributed by atoms with van der Waals surface area (Å²) in [5.74, 6) is 7.92. The first-order chi connectivity index (χ1) is 9.71. The maximum atomic E-state index is 5.44. The average Bonchev–Trinajstić information content (AvgIpc) is 2.53. The first-order valence-corrected chi connectivity index (χ1v) is 6.28. The van der Waals surface area contributed by atoms with E-state index in [9.17, 15) is 0 Å². The summed E-state index contributed by atoms with van der Waals surface area (Å²) in [6.07, 6.45) is 0.803. The van der Waals surface area contributed by atoms with Crippen LogP contribution in [0.5, 0.6) is 11.5 Å². The summed E-state index contributed by atoms with van der Waals surface area (Å²) in [5, 5.41) is 0. The smallest absolute Gasteiger partial charge is 0.161 e. The number of benzene rings is 1. The molecule has 0 saturated heterocycles. The minimum atomic E-state index is 0.585. The Hall–Kier alpha value is -2.34. The fourth-order valence-corrected chi connectivity index (χ4v) is 1.86. The molecule has 1 aromatic carbocycles. The molecule has 2 aromatic rings. The minimum Gasteiger partial charge on any atom is -0.493 e. The lowest BCUT2D eigenvalue weighted by atomic mass is 10.1. The lowest BCUT2D eigenvalue weighted by Crippen LogP contribution is -2.10. The van der Waals surface area contributed by atoms with Crippen molar-refractivity contribution in [1.29, 1.82) is 0 Å². The highest BCUT2D eigenvalue weighted by atomic mass is 16.5. The lowest BCUT2D eigenvalue weighted by molar-refractivity contribution is 0.355. The first-order valence-electron chi connectivity index (χ1n) is 6.28. The third kappa shape index (κ3) is 2.80. The van der Waals surface area contributed by atoms with Crippen molar-refractivity contribution in [2.24, 2.45) is 5.84 Å². The Kier molecular flexibility index (Phi) is 4.37. The van der Waals surface area contributed by atoms with Crippen molar-refractivity contribution in [3.8, 4) is 22.9 Å². The molecule has 6 nitrogen and oxygen atoms in total. The number of nitrogens with zero attached hydrogens (tertiary/aromatic N) is 2. The molecule has 0 aliphatic rings. The largest absolute Gasteiger partial charge is 0.493 e. The van der Waals surface area contributed by atoms with Gasteiger partial charge in [0.05, 0.1) is 14.2 Å². The standard InChI is InChI=1S/C14H18N4O2/c1-4-10-8-13(18-15)17-14(16-10)9-5-6-11(19-2)12(7-9)20-3/h5-8H,4,15H2,1-3H3,(H,16,17,18). The Morgan fingerprint density at radius 1 is 1.10 bits per heavy atom. The Bertz CT molecular complexity index is 579. The molecule has 0 unspecified atom stereocenters. The molecule has 2 rings (SSSR count). The van der Waals surface area contributed by atoms with Gasteiger partial charge in [-0.1, -0.05) is 6.92 Å². The van der Waals surface area contributed by atoms with Crippen LogP contribution in [-0.4, -0.2) is 24.2 Å². The number of hydrazine groups is 1. The van der Waals surface area contributed by atoms with Gasteiger partial charge in [-0.25, -0.2) is 15.8 Å². The van der Waals surface area contributed by atoms with Crippen molar-refractivity contribution in [3.05, 3.63) is 30.0 Å². The van der Waals surface area contributed by atoms with Gasteiger partial charge in [0.15, 0.2) is 17.3 Å². The average molecular weight is 274 g/mol. The molecule has 0 aliphatic heterocycles. The van der Waals surface area contributed by atoms with E-state index in [2.05, 4.69) is 15.4 Å². The van der Waals surface area contributed by atoms with Gasteiger partial charge >= 0.3 is 0 Å². The zero-order valence-corrected chi connectivity index (χ0v) is 11.8. The summed E-state index contributed by atoms with van der Waals surface area (Å²) < 4.78 is 10.5. The van der Waals surface area contributed by atoms with E-state index >= 15 is 0 Å². The number of aromatic nitrogens is 2. The Labute approximate surface area is 117 Å². The highest BCUT2D eigenvalue weighted by Crippen LogP contribution is 2.31. The summed E-state index contributed by atoms with van der Waals surface area (Å²) in [4.78, 5) is 8.86. The van der Waals surface area contributed by atoms with Crippen LogP contribution in [0.15, 0.2) is 24.3 Å². The number of nitrogen functional groups attached to an aromatic ring is 1. The highest BCUT2D eigenvalue weighted by molar-refractivity contribution is 5.62. The maximum Gasteiger partial charge on any atom is 0.161 e. The molecule has 0 amide bonds. The molecule has 0 radical (unpaired) electrons. The number of aryl methyl sites for hydroxylation is 1. The molecular weight excluding hydrogens is 256 g/mol. The molecule has 0 atom stereocenters. The van der Waals surface area contributed by atoms with Gasteiger partial charge in [-0.15, -0.1) is 0 Å². The van der Waals surface area contributed by atoms with E-state index in [1.807, 2.05) is 31.2 Å². The molecule has 0 saturated carbocycles. The normalized spacial score (nSPS) is 10.2. The second-order valence-electron chi connectivity index (χ2n) is 4.14. The van der Waals surface area contributed by atoms with E-state index in [-0.39, 0.29) is 0 Å². The number of ether oxygens (including phenoxy) is 2. The van der Waals surface area contributed by atoms with Gasteiger partial charge in [0.1, 0.15) is 5.82 Å². The molecule has 20 heavy (non-hydrogen) atoms. The zero-order valence-electron chi connectivity index (χ0n) is 11.8. The van der Waals surface area contributed by atoms with E-state index in [0.717, 1.165) is 17.7 Å². The molecule has 0 aliphatic carbocycles. The van der Waals surface area contributed by atoms with E-state index in [1.54, 1.807) is 14.2 Å². The van der Waals surface area contributed by atoms with Crippen LogP contribution in [0.25, 0.3) is 11.4 Å². The number of nitrogens with two attached hydrogens (primary N) is 1. The van der Waals surface area contributed by atoms with Crippen LogP contribution >= 0.6 is 0 Å². The van der Waals surface area contributed by atoms with Crippen molar-refractivity contribution in [2.75, 3.05) is 19.6 Å².